The molecule has 1 aromatic rings. The summed E-state index contributed by atoms with van der Waals surface area (Å²) in [5.74, 6) is 0. The fourth-order valence-corrected chi connectivity index (χ4v) is 2.79. The van der Waals surface area contributed by atoms with E-state index in [1.807, 2.05) is 0 Å². The van der Waals surface area contributed by atoms with Crippen molar-refractivity contribution in [3.8, 4) is 0 Å². The van der Waals surface area contributed by atoms with E-state index in [4.69, 9.17) is 19.9 Å². The second-order valence-electron chi connectivity index (χ2n) is 5.58. The molecule has 0 aliphatic heterocycles. The van der Waals surface area contributed by atoms with Crippen molar-refractivity contribution in [1.82, 2.24) is 9.55 Å². The van der Waals surface area contributed by atoms with Crippen molar-refractivity contribution in [2.75, 3.05) is 20.8 Å². The van der Waals surface area contributed by atoms with Crippen LogP contribution in [0.25, 0.3) is 0 Å². The molecule has 120 valence electrons. The summed E-state index contributed by atoms with van der Waals surface area (Å²) in [4.78, 5) is 4.16. The van der Waals surface area contributed by atoms with Gasteiger partial charge in [-0.05, 0) is 32.1 Å². The van der Waals surface area contributed by atoms with Crippen LogP contribution >= 0.6 is 0 Å². The van der Waals surface area contributed by atoms with Gasteiger partial charge in [-0.3, -0.25) is 0 Å². The predicted molar refractivity (Wildman–Crippen MR) is 79.8 cm³/mol. The van der Waals surface area contributed by atoms with E-state index in [9.17, 15) is 0 Å². The van der Waals surface area contributed by atoms with Crippen LogP contribution in [0.3, 0.4) is 0 Å². The predicted octanol–water partition coefficient (Wildman–Crippen LogP) is 1.85. The molecule has 6 nitrogen and oxygen atoms in total. The van der Waals surface area contributed by atoms with Crippen molar-refractivity contribution in [2.45, 2.75) is 57.1 Å². The third-order valence-corrected chi connectivity index (χ3v) is 4.03. The monoisotopic (exact) mass is 297 g/mol. The standard InChI is InChI=1S/C15H27N3O3/c1-19-15(20-2)14-10-17-11-18(14)8-3-9-21-13-6-4-12(16)5-7-13/h10-13,15H,3-9,16H2,1-2H3. The van der Waals surface area contributed by atoms with Gasteiger partial charge in [-0.1, -0.05) is 0 Å². The Morgan fingerprint density at radius 1 is 1.29 bits per heavy atom. The summed E-state index contributed by atoms with van der Waals surface area (Å²) >= 11 is 0. The van der Waals surface area contributed by atoms with Crippen molar-refractivity contribution in [2.24, 2.45) is 5.73 Å². The summed E-state index contributed by atoms with van der Waals surface area (Å²) in [6.07, 6.45) is 8.90. The molecule has 1 aliphatic carbocycles. The molecule has 0 radical (unpaired) electrons. The molecule has 1 aromatic heterocycles. The Balaban J connectivity index is 1.70. The summed E-state index contributed by atoms with van der Waals surface area (Å²) in [5, 5.41) is 0. The molecule has 0 amide bonds. The molecule has 0 unspecified atom stereocenters. The van der Waals surface area contributed by atoms with Gasteiger partial charge in [-0.15, -0.1) is 0 Å². The van der Waals surface area contributed by atoms with Gasteiger partial charge in [0.05, 0.1) is 24.3 Å². The average molecular weight is 297 g/mol. The van der Waals surface area contributed by atoms with Crippen LogP contribution in [0.5, 0.6) is 0 Å². The Labute approximate surface area is 126 Å². The Bertz CT molecular complexity index is 399. The van der Waals surface area contributed by atoms with Crippen LogP contribution in [0.1, 0.15) is 44.1 Å². The second-order valence-corrected chi connectivity index (χ2v) is 5.58. The zero-order valence-electron chi connectivity index (χ0n) is 13.0. The average Bonchev–Trinajstić information content (AvgIpc) is 2.95. The Hall–Kier alpha value is -0.950. The third-order valence-electron chi connectivity index (χ3n) is 4.03. The summed E-state index contributed by atoms with van der Waals surface area (Å²) in [7, 11) is 3.25. The van der Waals surface area contributed by atoms with Crippen LogP contribution in [0.4, 0.5) is 0 Å². The highest BCUT2D eigenvalue weighted by molar-refractivity contribution is 5.00. The van der Waals surface area contributed by atoms with E-state index in [1.165, 1.54) is 0 Å². The van der Waals surface area contributed by atoms with Gasteiger partial charge in [-0.2, -0.15) is 0 Å². The molecule has 1 heterocycles. The number of methoxy groups -OCH3 is 2. The van der Waals surface area contributed by atoms with Gasteiger partial charge < -0.3 is 24.5 Å². The maximum absolute atomic E-state index is 5.93. The lowest BCUT2D eigenvalue weighted by Gasteiger charge is -2.26. The first-order valence-corrected chi connectivity index (χ1v) is 7.67. The number of ether oxygens (including phenoxy) is 3. The minimum atomic E-state index is -0.367. The fourth-order valence-electron chi connectivity index (χ4n) is 2.79. The van der Waals surface area contributed by atoms with Crippen molar-refractivity contribution < 1.29 is 14.2 Å². The highest BCUT2D eigenvalue weighted by Crippen LogP contribution is 2.20. The van der Waals surface area contributed by atoms with Gasteiger partial charge in [0.25, 0.3) is 0 Å². The zero-order chi connectivity index (χ0) is 15.1. The van der Waals surface area contributed by atoms with Gasteiger partial charge in [-0.25, -0.2) is 4.98 Å². The first-order chi connectivity index (χ1) is 10.2. The van der Waals surface area contributed by atoms with Gasteiger partial charge >= 0.3 is 0 Å². The molecule has 0 aromatic carbocycles. The van der Waals surface area contributed by atoms with Crippen LogP contribution in [-0.2, 0) is 20.8 Å². The number of nitrogens with two attached hydrogens (primary N) is 1. The molecular formula is C15H27N3O3. The molecule has 21 heavy (non-hydrogen) atoms. The summed E-state index contributed by atoms with van der Waals surface area (Å²) in [6, 6.07) is 0.373. The summed E-state index contributed by atoms with van der Waals surface area (Å²) < 4.78 is 18.5. The minimum absolute atomic E-state index is 0.367. The second kappa shape index (κ2) is 8.48. The van der Waals surface area contributed by atoms with E-state index in [0.717, 1.165) is 50.9 Å². The van der Waals surface area contributed by atoms with E-state index in [1.54, 1.807) is 26.7 Å². The third kappa shape index (κ3) is 4.78. The van der Waals surface area contributed by atoms with Crippen LogP contribution in [-0.4, -0.2) is 42.5 Å². The number of hydrogen-bond acceptors (Lipinski definition) is 5. The molecule has 0 bridgehead atoms. The Morgan fingerprint density at radius 3 is 2.67 bits per heavy atom. The largest absolute Gasteiger partial charge is 0.378 e. The maximum Gasteiger partial charge on any atom is 0.200 e. The van der Waals surface area contributed by atoms with Crippen molar-refractivity contribution >= 4 is 0 Å². The van der Waals surface area contributed by atoms with Gasteiger partial charge in [0, 0.05) is 33.4 Å². The zero-order valence-corrected chi connectivity index (χ0v) is 13.0. The van der Waals surface area contributed by atoms with Crippen molar-refractivity contribution in [3.63, 3.8) is 0 Å². The van der Waals surface area contributed by atoms with Gasteiger partial charge in [0.2, 0.25) is 0 Å². The van der Waals surface area contributed by atoms with Crippen LogP contribution in [0.15, 0.2) is 12.5 Å². The quantitative estimate of drug-likeness (QED) is 0.585. The molecular weight excluding hydrogens is 270 g/mol. The summed E-state index contributed by atoms with van der Waals surface area (Å²) in [5.41, 5.74) is 6.83. The van der Waals surface area contributed by atoms with Crippen LogP contribution < -0.4 is 5.73 Å². The normalized spacial score (nSPS) is 22.9. The van der Waals surface area contributed by atoms with Gasteiger partial charge in [0.1, 0.15) is 0 Å². The van der Waals surface area contributed by atoms with Crippen LogP contribution in [0, 0.1) is 0 Å². The van der Waals surface area contributed by atoms with E-state index in [0.29, 0.717) is 12.1 Å². The number of aromatic nitrogens is 2. The highest BCUT2D eigenvalue weighted by Gasteiger charge is 2.19. The number of imidazole rings is 1. The smallest absolute Gasteiger partial charge is 0.200 e. The Kier molecular flexibility index (Phi) is 6.63. The first-order valence-electron chi connectivity index (χ1n) is 7.67. The Morgan fingerprint density at radius 2 is 2.00 bits per heavy atom. The van der Waals surface area contributed by atoms with Gasteiger partial charge in [0.15, 0.2) is 6.29 Å². The first kappa shape index (κ1) is 16.4. The lowest BCUT2D eigenvalue weighted by molar-refractivity contribution is -0.110. The number of aryl methyl sites for hydroxylation is 1. The number of hydrogen-bond donors (Lipinski definition) is 1. The minimum Gasteiger partial charge on any atom is -0.378 e. The van der Waals surface area contributed by atoms with Crippen LogP contribution in [0.2, 0.25) is 0 Å². The topological polar surface area (TPSA) is 71.5 Å². The molecule has 0 saturated heterocycles. The van der Waals surface area contributed by atoms with E-state index in [-0.39, 0.29) is 6.29 Å². The maximum atomic E-state index is 5.93. The lowest BCUT2D eigenvalue weighted by Crippen LogP contribution is -2.30. The highest BCUT2D eigenvalue weighted by atomic mass is 16.7. The molecule has 1 saturated carbocycles. The van der Waals surface area contributed by atoms with E-state index in [2.05, 4.69) is 9.55 Å². The molecule has 6 heteroatoms. The SMILES string of the molecule is COC(OC)c1cncn1CCCOC1CCC(N)CC1. The van der Waals surface area contributed by atoms with Crippen molar-refractivity contribution in [3.05, 3.63) is 18.2 Å². The summed E-state index contributed by atoms with van der Waals surface area (Å²) in [6.45, 7) is 1.62. The number of rotatable bonds is 8. The fraction of sp³-hybridized carbons (Fsp3) is 0.800. The van der Waals surface area contributed by atoms with E-state index < -0.39 is 0 Å². The van der Waals surface area contributed by atoms with Crippen molar-refractivity contribution in [1.29, 1.82) is 0 Å². The molecule has 2 rings (SSSR count). The molecule has 2 N–H and O–H groups in total. The van der Waals surface area contributed by atoms with E-state index >= 15 is 0 Å². The molecule has 0 atom stereocenters. The molecule has 0 spiro atoms. The lowest BCUT2D eigenvalue weighted by atomic mass is 9.94. The molecule has 1 aliphatic rings. The molecule has 1 fully saturated rings. The number of nitrogens with zero attached hydrogens (tertiary/aromatic N) is 2.